The topological polar surface area (TPSA) is 97.8 Å². The summed E-state index contributed by atoms with van der Waals surface area (Å²) in [5.74, 6) is -0.515. The molecule has 0 unspecified atom stereocenters. The number of carbonyl (C=O) groups excluding carboxylic acids is 1. The van der Waals surface area contributed by atoms with Crippen molar-refractivity contribution in [2.75, 3.05) is 6.54 Å². The fourth-order valence-corrected chi connectivity index (χ4v) is 2.07. The van der Waals surface area contributed by atoms with Crippen LogP contribution in [0.5, 0.6) is 0 Å². The fraction of sp³-hybridized carbons (Fsp3) is 0.400. The first-order valence-corrected chi connectivity index (χ1v) is 5.13. The van der Waals surface area contributed by atoms with Gasteiger partial charge in [-0.25, -0.2) is 4.79 Å². The second kappa shape index (κ2) is 4.10. The fourth-order valence-electron chi connectivity index (χ4n) is 2.07. The van der Waals surface area contributed by atoms with Crippen molar-refractivity contribution >= 4 is 12.1 Å². The molecule has 1 amide bonds. The van der Waals surface area contributed by atoms with E-state index in [-0.39, 0.29) is 6.54 Å². The molecule has 1 aromatic rings. The van der Waals surface area contributed by atoms with Crippen LogP contribution in [0.2, 0.25) is 0 Å². The number of hydrogen-bond acceptors (Lipinski definition) is 4. The molecule has 0 spiro atoms. The Morgan fingerprint density at radius 1 is 1.47 bits per heavy atom. The molecule has 0 bridgehead atoms. The van der Waals surface area contributed by atoms with Crippen molar-refractivity contribution in [2.45, 2.75) is 20.0 Å². The molecule has 1 aromatic heterocycles. The van der Waals surface area contributed by atoms with Crippen LogP contribution in [-0.4, -0.2) is 33.3 Å². The summed E-state index contributed by atoms with van der Waals surface area (Å²) >= 11 is 0. The van der Waals surface area contributed by atoms with Gasteiger partial charge >= 0.3 is 6.16 Å². The summed E-state index contributed by atoms with van der Waals surface area (Å²) in [7, 11) is 0. The van der Waals surface area contributed by atoms with Crippen molar-refractivity contribution in [1.29, 1.82) is 0 Å². The molecule has 2 rings (SSSR count). The van der Waals surface area contributed by atoms with Crippen molar-refractivity contribution in [1.82, 2.24) is 9.63 Å². The predicted molar refractivity (Wildman–Crippen MR) is 57.2 cm³/mol. The average Bonchev–Trinajstić information content (AvgIpc) is 2.55. The summed E-state index contributed by atoms with van der Waals surface area (Å²) in [6.07, 6.45) is -1.36. The number of hydroxylamine groups is 2. The monoisotopic (exact) mass is 239 g/mol. The lowest BCUT2D eigenvalue weighted by molar-refractivity contribution is -0.136. The molecule has 92 valence electrons. The summed E-state index contributed by atoms with van der Waals surface area (Å²) < 4.78 is 1.95. The van der Waals surface area contributed by atoms with Crippen LogP contribution in [0.1, 0.15) is 21.7 Å². The maximum atomic E-state index is 11.2. The van der Waals surface area contributed by atoms with Gasteiger partial charge in [-0.3, -0.25) is 4.79 Å². The van der Waals surface area contributed by atoms with Crippen LogP contribution in [0.4, 0.5) is 4.79 Å². The van der Waals surface area contributed by atoms with E-state index < -0.39 is 12.1 Å². The molecular weight excluding hydrogens is 226 g/mol. The number of fused-ring (bicyclic) bond motifs is 1. The van der Waals surface area contributed by atoms with Gasteiger partial charge < -0.3 is 20.2 Å². The van der Waals surface area contributed by atoms with E-state index in [2.05, 4.69) is 4.84 Å². The molecule has 1 aliphatic heterocycles. The zero-order valence-corrected chi connectivity index (χ0v) is 9.34. The third kappa shape index (κ3) is 2.09. The minimum absolute atomic E-state index is 0.235. The van der Waals surface area contributed by atoms with Crippen LogP contribution in [0.25, 0.3) is 0 Å². The quantitative estimate of drug-likeness (QED) is 0.774. The standard InChI is InChI=1S/C10H13N3O4/c1-6-4-7(9(11)14)8-5-12(17-10(15)16)2-3-13(6)8/h4H,2-3,5H2,1H3,(H2,11,14)(H,15,16). The Morgan fingerprint density at radius 2 is 2.18 bits per heavy atom. The van der Waals surface area contributed by atoms with Crippen LogP contribution in [0.15, 0.2) is 6.07 Å². The summed E-state index contributed by atoms with van der Waals surface area (Å²) in [6, 6.07) is 1.71. The molecule has 7 heteroatoms. The highest BCUT2D eigenvalue weighted by Gasteiger charge is 2.25. The van der Waals surface area contributed by atoms with Crippen molar-refractivity contribution < 1.29 is 19.5 Å². The minimum atomic E-state index is -1.36. The summed E-state index contributed by atoms with van der Waals surface area (Å²) in [4.78, 5) is 26.3. The number of hydrogen-bond donors (Lipinski definition) is 2. The molecule has 2 heterocycles. The van der Waals surface area contributed by atoms with E-state index in [9.17, 15) is 9.59 Å². The second-order valence-electron chi connectivity index (χ2n) is 3.88. The van der Waals surface area contributed by atoms with Gasteiger partial charge in [0.05, 0.1) is 18.7 Å². The van der Waals surface area contributed by atoms with Crippen LogP contribution in [0.3, 0.4) is 0 Å². The molecular formula is C10H13N3O4. The second-order valence-corrected chi connectivity index (χ2v) is 3.88. The van der Waals surface area contributed by atoms with Crippen LogP contribution in [-0.2, 0) is 17.9 Å². The molecule has 0 saturated heterocycles. The lowest BCUT2D eigenvalue weighted by Gasteiger charge is -2.27. The molecule has 1 aliphatic rings. The van der Waals surface area contributed by atoms with E-state index in [0.29, 0.717) is 24.3 Å². The average molecular weight is 239 g/mol. The lowest BCUT2D eigenvalue weighted by atomic mass is 10.2. The highest BCUT2D eigenvalue weighted by molar-refractivity contribution is 5.94. The first-order chi connectivity index (χ1) is 7.99. The molecule has 0 saturated carbocycles. The lowest BCUT2D eigenvalue weighted by Crippen LogP contribution is -2.36. The first-order valence-electron chi connectivity index (χ1n) is 5.13. The number of amides is 1. The maximum absolute atomic E-state index is 11.2. The third-order valence-corrected chi connectivity index (χ3v) is 2.79. The zero-order chi connectivity index (χ0) is 12.6. The molecule has 0 fully saturated rings. The van der Waals surface area contributed by atoms with E-state index in [1.165, 1.54) is 5.06 Å². The SMILES string of the molecule is Cc1cc(C(N)=O)c2n1CCN(OC(=O)O)C2. The molecule has 0 aliphatic carbocycles. The smallest absolute Gasteiger partial charge is 0.448 e. The van der Waals surface area contributed by atoms with Crippen molar-refractivity contribution in [3.63, 3.8) is 0 Å². The Balaban J connectivity index is 2.29. The van der Waals surface area contributed by atoms with Gasteiger partial charge in [0.2, 0.25) is 0 Å². The summed E-state index contributed by atoms with van der Waals surface area (Å²) in [5.41, 5.74) is 7.32. The highest BCUT2D eigenvalue weighted by Crippen LogP contribution is 2.21. The first kappa shape index (κ1) is 11.5. The van der Waals surface area contributed by atoms with E-state index >= 15 is 0 Å². The van der Waals surface area contributed by atoms with E-state index in [4.69, 9.17) is 10.8 Å². The Kier molecular flexibility index (Phi) is 2.76. The van der Waals surface area contributed by atoms with Gasteiger partial charge in [-0.15, -0.1) is 5.06 Å². The van der Waals surface area contributed by atoms with Gasteiger partial charge in [0.15, 0.2) is 0 Å². The van der Waals surface area contributed by atoms with E-state index in [0.717, 1.165) is 5.69 Å². The van der Waals surface area contributed by atoms with E-state index in [1.807, 2.05) is 11.5 Å². The van der Waals surface area contributed by atoms with Crippen LogP contribution >= 0.6 is 0 Å². The molecule has 17 heavy (non-hydrogen) atoms. The zero-order valence-electron chi connectivity index (χ0n) is 9.34. The van der Waals surface area contributed by atoms with Crippen molar-refractivity contribution in [3.8, 4) is 0 Å². The number of nitrogens with two attached hydrogens (primary N) is 1. The molecule has 0 aromatic carbocycles. The van der Waals surface area contributed by atoms with Gasteiger partial charge in [-0.05, 0) is 13.0 Å². The van der Waals surface area contributed by atoms with Gasteiger partial charge in [0, 0.05) is 17.9 Å². The van der Waals surface area contributed by atoms with Crippen LogP contribution < -0.4 is 5.73 Å². The Bertz CT molecular complexity index is 480. The highest BCUT2D eigenvalue weighted by atomic mass is 16.8. The van der Waals surface area contributed by atoms with Gasteiger partial charge in [0.25, 0.3) is 5.91 Å². The Morgan fingerprint density at radius 3 is 2.76 bits per heavy atom. The molecule has 0 atom stereocenters. The summed E-state index contributed by atoms with van der Waals surface area (Å²) in [6.45, 7) is 3.14. The number of rotatable bonds is 2. The predicted octanol–water partition coefficient (Wildman–Crippen LogP) is 0.321. The van der Waals surface area contributed by atoms with Gasteiger partial charge in [-0.2, -0.15) is 0 Å². The van der Waals surface area contributed by atoms with Crippen LogP contribution in [0, 0.1) is 6.92 Å². The number of primary amides is 1. The van der Waals surface area contributed by atoms with Gasteiger partial charge in [0.1, 0.15) is 0 Å². The molecule has 3 N–H and O–H groups in total. The van der Waals surface area contributed by atoms with Crippen molar-refractivity contribution in [3.05, 3.63) is 23.0 Å². The maximum Gasteiger partial charge on any atom is 0.525 e. The number of carbonyl (C=O) groups is 2. The summed E-state index contributed by atoms with van der Waals surface area (Å²) in [5, 5.41) is 9.83. The largest absolute Gasteiger partial charge is 0.525 e. The number of nitrogens with zero attached hydrogens (tertiary/aromatic N) is 2. The normalized spacial score (nSPS) is 15.4. The number of aryl methyl sites for hydroxylation is 1. The van der Waals surface area contributed by atoms with E-state index in [1.54, 1.807) is 6.07 Å². The Hall–Kier alpha value is -2.02. The van der Waals surface area contributed by atoms with Gasteiger partial charge in [-0.1, -0.05) is 0 Å². The Labute approximate surface area is 97.3 Å². The molecule has 7 nitrogen and oxygen atoms in total. The number of carboxylic acid groups (broad SMARTS) is 1. The third-order valence-electron chi connectivity index (χ3n) is 2.79. The minimum Gasteiger partial charge on any atom is -0.448 e. The number of aromatic nitrogens is 1. The molecule has 0 radical (unpaired) electrons. The van der Waals surface area contributed by atoms with Crippen molar-refractivity contribution in [2.24, 2.45) is 5.73 Å².